The first kappa shape index (κ1) is 18.0. The van der Waals surface area contributed by atoms with E-state index in [2.05, 4.69) is 42.3 Å². The van der Waals surface area contributed by atoms with Crippen molar-refractivity contribution in [3.05, 3.63) is 53.3 Å². The molecule has 2 rings (SSSR count). The Bertz CT molecular complexity index is 671. The van der Waals surface area contributed by atoms with Gasteiger partial charge in [0.1, 0.15) is 5.69 Å². The highest BCUT2D eigenvalue weighted by Crippen LogP contribution is 2.26. The Labute approximate surface area is 144 Å². The highest BCUT2D eigenvalue weighted by atomic mass is 16.2. The molecule has 0 aliphatic rings. The molecule has 1 N–H and O–H groups in total. The molecular formula is C20H27N3O. The fourth-order valence-electron chi connectivity index (χ4n) is 2.85. The van der Waals surface area contributed by atoms with Crippen LogP contribution in [0, 0.1) is 0 Å². The maximum absolute atomic E-state index is 12.5. The van der Waals surface area contributed by atoms with E-state index in [0.29, 0.717) is 18.8 Å². The summed E-state index contributed by atoms with van der Waals surface area (Å²) in [6.45, 7) is 9.65. The third-order valence-corrected chi connectivity index (χ3v) is 4.30. The van der Waals surface area contributed by atoms with Crippen LogP contribution in [0.25, 0.3) is 0 Å². The summed E-state index contributed by atoms with van der Waals surface area (Å²) in [4.78, 5) is 18.5. The Morgan fingerprint density at radius 3 is 2.21 bits per heavy atom. The van der Waals surface area contributed by atoms with Gasteiger partial charge in [-0.3, -0.25) is 9.78 Å². The quantitative estimate of drug-likeness (QED) is 0.819. The molecule has 1 aromatic carbocycles. The maximum Gasteiger partial charge on any atom is 0.272 e. The first-order chi connectivity index (χ1) is 11.6. The number of hydrogen-bond acceptors (Lipinski definition) is 3. The molecule has 24 heavy (non-hydrogen) atoms. The summed E-state index contributed by atoms with van der Waals surface area (Å²) in [6.07, 6.45) is 3.62. The number of anilines is 2. The van der Waals surface area contributed by atoms with E-state index in [9.17, 15) is 4.79 Å². The molecule has 4 nitrogen and oxygen atoms in total. The predicted molar refractivity (Wildman–Crippen MR) is 100.0 cm³/mol. The topological polar surface area (TPSA) is 45.2 Å². The number of amides is 1. The molecule has 1 aromatic heterocycles. The number of rotatable bonds is 7. The van der Waals surface area contributed by atoms with Gasteiger partial charge in [-0.15, -0.1) is 0 Å². The fraction of sp³-hybridized carbons (Fsp3) is 0.400. The lowest BCUT2D eigenvalue weighted by atomic mass is 10.0. The van der Waals surface area contributed by atoms with Crippen LogP contribution in [-0.4, -0.2) is 28.9 Å². The van der Waals surface area contributed by atoms with Gasteiger partial charge < -0.3 is 10.2 Å². The van der Waals surface area contributed by atoms with Crippen molar-refractivity contribution < 1.29 is 4.79 Å². The molecule has 2 aromatic rings. The van der Waals surface area contributed by atoms with Crippen LogP contribution >= 0.6 is 0 Å². The highest BCUT2D eigenvalue weighted by Gasteiger charge is 2.15. The predicted octanol–water partition coefficient (Wildman–Crippen LogP) is 4.43. The monoisotopic (exact) mass is 325 g/mol. The van der Waals surface area contributed by atoms with Gasteiger partial charge in [-0.25, -0.2) is 0 Å². The van der Waals surface area contributed by atoms with Gasteiger partial charge in [0, 0.05) is 30.7 Å². The third-order valence-electron chi connectivity index (χ3n) is 4.30. The fourth-order valence-corrected chi connectivity index (χ4v) is 2.85. The van der Waals surface area contributed by atoms with Crippen molar-refractivity contribution in [1.82, 2.24) is 9.88 Å². The Hall–Kier alpha value is -2.36. The van der Waals surface area contributed by atoms with Crippen LogP contribution in [0.1, 0.15) is 49.3 Å². The molecule has 0 saturated carbocycles. The van der Waals surface area contributed by atoms with Crippen LogP contribution in [-0.2, 0) is 12.8 Å². The van der Waals surface area contributed by atoms with Crippen molar-refractivity contribution in [2.75, 3.05) is 18.4 Å². The van der Waals surface area contributed by atoms with E-state index in [0.717, 1.165) is 24.2 Å². The zero-order valence-electron chi connectivity index (χ0n) is 15.1. The van der Waals surface area contributed by atoms with Crippen molar-refractivity contribution in [2.45, 2.75) is 40.5 Å². The van der Waals surface area contributed by atoms with E-state index in [1.807, 2.05) is 26.0 Å². The molecule has 0 radical (unpaired) electrons. The van der Waals surface area contributed by atoms with Gasteiger partial charge in [0.2, 0.25) is 0 Å². The highest BCUT2D eigenvalue weighted by molar-refractivity contribution is 5.93. The lowest BCUT2D eigenvalue weighted by Crippen LogP contribution is -2.31. The summed E-state index contributed by atoms with van der Waals surface area (Å²) in [6, 6.07) is 10.1. The lowest BCUT2D eigenvalue weighted by Gasteiger charge is -2.19. The molecular weight excluding hydrogens is 298 g/mol. The van der Waals surface area contributed by atoms with E-state index in [4.69, 9.17) is 0 Å². The Balaban J connectivity index is 2.32. The minimum absolute atomic E-state index is 0.0249. The SMILES string of the molecule is CCc1cccc(CC)c1Nc1ccnc(C(=O)N(CC)CC)c1. The summed E-state index contributed by atoms with van der Waals surface area (Å²) < 4.78 is 0. The van der Waals surface area contributed by atoms with Crippen LogP contribution in [0.15, 0.2) is 36.5 Å². The number of nitrogens with one attached hydrogen (secondary N) is 1. The van der Waals surface area contributed by atoms with Gasteiger partial charge in [-0.2, -0.15) is 0 Å². The first-order valence-corrected chi connectivity index (χ1v) is 8.77. The van der Waals surface area contributed by atoms with Crippen LogP contribution in [0.2, 0.25) is 0 Å². The molecule has 0 atom stereocenters. The second kappa shape index (κ2) is 8.48. The number of para-hydroxylation sites is 1. The summed E-state index contributed by atoms with van der Waals surface area (Å²) >= 11 is 0. The summed E-state index contributed by atoms with van der Waals surface area (Å²) in [5, 5.41) is 3.50. The van der Waals surface area contributed by atoms with Crippen molar-refractivity contribution in [1.29, 1.82) is 0 Å². The van der Waals surface area contributed by atoms with Crippen LogP contribution in [0.3, 0.4) is 0 Å². The number of aryl methyl sites for hydroxylation is 2. The molecule has 0 aliphatic heterocycles. The van der Waals surface area contributed by atoms with Gasteiger partial charge in [0.25, 0.3) is 5.91 Å². The number of pyridine rings is 1. The molecule has 0 bridgehead atoms. The van der Waals surface area contributed by atoms with Gasteiger partial charge in [0.05, 0.1) is 0 Å². The summed E-state index contributed by atoms with van der Waals surface area (Å²) in [5.74, 6) is -0.0249. The summed E-state index contributed by atoms with van der Waals surface area (Å²) in [7, 11) is 0. The van der Waals surface area contributed by atoms with E-state index >= 15 is 0 Å². The second-order valence-electron chi connectivity index (χ2n) is 5.69. The number of nitrogens with zero attached hydrogens (tertiary/aromatic N) is 2. The normalized spacial score (nSPS) is 10.5. The van der Waals surface area contributed by atoms with E-state index in [1.54, 1.807) is 11.1 Å². The second-order valence-corrected chi connectivity index (χ2v) is 5.69. The molecule has 0 fully saturated rings. The zero-order chi connectivity index (χ0) is 17.5. The molecule has 0 spiro atoms. The van der Waals surface area contributed by atoms with Crippen LogP contribution in [0.4, 0.5) is 11.4 Å². The zero-order valence-corrected chi connectivity index (χ0v) is 15.1. The summed E-state index contributed by atoms with van der Waals surface area (Å²) in [5.41, 5.74) is 5.09. The minimum Gasteiger partial charge on any atom is -0.355 e. The number of benzene rings is 1. The smallest absolute Gasteiger partial charge is 0.272 e. The Morgan fingerprint density at radius 1 is 1.04 bits per heavy atom. The minimum atomic E-state index is -0.0249. The third kappa shape index (κ3) is 3.94. The van der Waals surface area contributed by atoms with Crippen molar-refractivity contribution >= 4 is 17.3 Å². The molecule has 128 valence electrons. The van der Waals surface area contributed by atoms with Crippen molar-refractivity contribution in [3.8, 4) is 0 Å². The number of aromatic nitrogens is 1. The van der Waals surface area contributed by atoms with Crippen molar-refractivity contribution in [3.63, 3.8) is 0 Å². The number of carbonyl (C=O) groups excluding carboxylic acids is 1. The van der Waals surface area contributed by atoms with Gasteiger partial charge in [-0.1, -0.05) is 32.0 Å². The maximum atomic E-state index is 12.5. The number of carbonyl (C=O) groups is 1. The Kier molecular flexibility index (Phi) is 6.36. The molecule has 1 amide bonds. The van der Waals surface area contributed by atoms with Crippen LogP contribution < -0.4 is 5.32 Å². The average Bonchev–Trinajstić information content (AvgIpc) is 2.63. The van der Waals surface area contributed by atoms with Crippen molar-refractivity contribution in [2.24, 2.45) is 0 Å². The molecule has 0 saturated heterocycles. The van der Waals surface area contributed by atoms with E-state index < -0.39 is 0 Å². The standard InChI is InChI=1S/C20H27N3O/c1-5-15-10-9-11-16(6-2)19(15)22-17-12-13-21-18(14-17)20(24)23(7-3)8-4/h9-14H,5-8H2,1-4H3,(H,21,22). The Morgan fingerprint density at radius 2 is 1.67 bits per heavy atom. The van der Waals surface area contributed by atoms with Gasteiger partial charge in [-0.05, 0) is 49.9 Å². The molecule has 0 aliphatic carbocycles. The first-order valence-electron chi connectivity index (χ1n) is 8.77. The largest absolute Gasteiger partial charge is 0.355 e. The lowest BCUT2D eigenvalue weighted by molar-refractivity contribution is 0.0767. The van der Waals surface area contributed by atoms with Gasteiger partial charge >= 0.3 is 0 Å². The molecule has 4 heteroatoms. The van der Waals surface area contributed by atoms with E-state index in [-0.39, 0.29) is 5.91 Å². The molecule has 1 heterocycles. The number of hydrogen-bond donors (Lipinski definition) is 1. The molecule has 0 unspecified atom stereocenters. The van der Waals surface area contributed by atoms with Crippen LogP contribution in [0.5, 0.6) is 0 Å². The average molecular weight is 325 g/mol. The van der Waals surface area contributed by atoms with E-state index in [1.165, 1.54) is 11.1 Å². The van der Waals surface area contributed by atoms with Gasteiger partial charge in [0.15, 0.2) is 0 Å².